The molecule has 1 nitrogen and oxygen atoms in total. The van der Waals surface area contributed by atoms with Crippen molar-refractivity contribution in [3.63, 3.8) is 0 Å². The Morgan fingerprint density at radius 3 is 2.00 bits per heavy atom. The predicted octanol–water partition coefficient (Wildman–Crippen LogP) is 22.6. The number of hydrogen-bond acceptors (Lipinski definition) is 1. The van der Waals surface area contributed by atoms with E-state index >= 15 is 0 Å². The van der Waals surface area contributed by atoms with E-state index in [4.69, 9.17) is 0 Å². The summed E-state index contributed by atoms with van der Waals surface area (Å²) in [5.74, 6) is 0. The van der Waals surface area contributed by atoms with Crippen LogP contribution in [0, 0.1) is 0 Å². The molecule has 1 unspecified atom stereocenters. The molecule has 8 aromatic carbocycles. The lowest BCUT2D eigenvalue weighted by molar-refractivity contribution is 0.716. The van der Waals surface area contributed by atoms with Gasteiger partial charge in [0.2, 0.25) is 0 Å². The molecule has 0 aliphatic heterocycles. The molecule has 8 aliphatic rings. The van der Waals surface area contributed by atoms with Crippen molar-refractivity contribution >= 4 is 44.1 Å². The average molecular weight is 1120 g/mol. The van der Waals surface area contributed by atoms with Crippen molar-refractivity contribution in [3.05, 3.63) is 355 Å². The zero-order valence-corrected chi connectivity index (χ0v) is 50.5. The first kappa shape index (κ1) is 53.2. The molecule has 1 spiro atoms. The summed E-state index contributed by atoms with van der Waals surface area (Å²) in [6.07, 6.45) is 42.3. The second-order valence-corrected chi connectivity index (χ2v) is 25.1. The van der Waals surface area contributed by atoms with Crippen molar-refractivity contribution in [2.24, 2.45) is 0 Å². The number of nitrogens with zero attached hydrogens (tertiary/aromatic N) is 1. The van der Waals surface area contributed by atoms with Crippen molar-refractivity contribution in [3.8, 4) is 11.1 Å². The van der Waals surface area contributed by atoms with Crippen molar-refractivity contribution in [2.45, 2.75) is 102 Å². The Hall–Kier alpha value is -9.30. The largest absolute Gasteiger partial charge is 0.310 e. The minimum Gasteiger partial charge on any atom is -0.310 e. The topological polar surface area (TPSA) is 3.24 Å². The van der Waals surface area contributed by atoms with Crippen molar-refractivity contribution in [2.75, 3.05) is 4.90 Å². The molecule has 0 N–H and O–H groups in total. The molecule has 0 fully saturated rings. The zero-order chi connectivity index (χ0) is 58.4. The lowest BCUT2D eigenvalue weighted by Gasteiger charge is -2.42. The standard InChI is InChI=1S/C86H73N/c1-5-9-28-64(8-4)85(65(22-6-2)23-7-3)78-36-19-17-34-74(78)84-81(85)37-21-38-83(84)87(66-45-39-56(40-46-66)60-41-47-71-63(51-60)52-62-26-12-15-32-70(62)71)67-29-20-27-59(53-67)61-42-48-73-72-33-16-18-35-77(72)86(82(73)54-61)79-49-43-57-24-10-13-30-68(57)75(79)55-76-69-31-14-11-25-58(69)44-50-80(76)86/h6-11,13-19,21-25,28-40,43-46,49-51,53-54H,2,5,12,20,26-27,41-42,47-48,52,55H2,1,3-4H3/b23-7-,28-9-,64-8+,65-22+. The summed E-state index contributed by atoms with van der Waals surface area (Å²) in [5, 5.41) is 5.34. The summed E-state index contributed by atoms with van der Waals surface area (Å²) in [4.78, 5) is 2.63. The number of anilines is 2. The van der Waals surface area contributed by atoms with Crippen LogP contribution in [0.15, 0.2) is 305 Å². The van der Waals surface area contributed by atoms with Crippen LogP contribution < -0.4 is 4.90 Å². The molecule has 1 heteroatoms. The highest BCUT2D eigenvalue weighted by Crippen LogP contribution is 2.64. The Kier molecular flexibility index (Phi) is 13.0. The molecule has 0 saturated heterocycles. The van der Waals surface area contributed by atoms with E-state index < -0.39 is 10.8 Å². The number of fused-ring (bicyclic) bond motifs is 16. The smallest absolute Gasteiger partial charge is 0.0716 e. The van der Waals surface area contributed by atoms with Gasteiger partial charge >= 0.3 is 0 Å². The summed E-state index contributed by atoms with van der Waals surface area (Å²) in [6, 6.07) is 63.5. The third-order valence-electron chi connectivity index (χ3n) is 20.9. The summed E-state index contributed by atoms with van der Waals surface area (Å²) in [7, 11) is 0. The SMILES string of the molecule is C=C/C=C(\C=C/C)C1(C(/C=C\CC)=C/C)c2ccccc2-c2c(N(C3=CCCC(C4=CC5=C(CC4)c4ccccc4C54c5ccc6ccccc6c5Cc5c4ccc4ccccc54)=C3)c3ccc(C4=CC5=C(CC4)C4=C(CCC=C4)C5)cc3)cccc21. The molecule has 0 amide bonds. The van der Waals surface area contributed by atoms with Gasteiger partial charge in [-0.1, -0.05) is 238 Å². The van der Waals surface area contributed by atoms with Crippen LogP contribution in [0.2, 0.25) is 0 Å². The second-order valence-electron chi connectivity index (χ2n) is 25.1. The fourth-order valence-corrected chi connectivity index (χ4v) is 17.3. The maximum Gasteiger partial charge on any atom is 0.0716 e. The highest BCUT2D eigenvalue weighted by Gasteiger charge is 2.52. The van der Waals surface area contributed by atoms with Crippen LogP contribution >= 0.6 is 0 Å². The first-order valence-electron chi connectivity index (χ1n) is 32.2. The molecule has 8 aliphatic carbocycles. The molecule has 0 aromatic heterocycles. The van der Waals surface area contributed by atoms with Crippen LogP contribution in [0.1, 0.15) is 135 Å². The van der Waals surface area contributed by atoms with E-state index in [0.717, 1.165) is 57.8 Å². The van der Waals surface area contributed by atoms with Crippen molar-refractivity contribution in [1.29, 1.82) is 0 Å². The van der Waals surface area contributed by atoms with E-state index in [2.05, 4.69) is 269 Å². The molecule has 1 atom stereocenters. The van der Waals surface area contributed by atoms with Crippen LogP contribution in [0.4, 0.5) is 11.4 Å². The van der Waals surface area contributed by atoms with Crippen molar-refractivity contribution < 1.29 is 0 Å². The monoisotopic (exact) mass is 1120 g/mol. The third-order valence-corrected chi connectivity index (χ3v) is 20.9. The van der Waals surface area contributed by atoms with Gasteiger partial charge in [-0.05, 0) is 242 Å². The molecule has 87 heavy (non-hydrogen) atoms. The van der Waals surface area contributed by atoms with Gasteiger partial charge in [-0.2, -0.15) is 0 Å². The fourth-order valence-electron chi connectivity index (χ4n) is 17.3. The Labute approximate surface area is 514 Å². The minimum absolute atomic E-state index is 0.471. The zero-order valence-electron chi connectivity index (χ0n) is 50.5. The lowest BCUT2D eigenvalue weighted by Crippen LogP contribution is -2.35. The van der Waals surface area contributed by atoms with Crippen LogP contribution in [0.3, 0.4) is 0 Å². The van der Waals surface area contributed by atoms with Gasteiger partial charge in [-0.25, -0.2) is 0 Å². The quantitative estimate of drug-likeness (QED) is 0.117. The summed E-state index contributed by atoms with van der Waals surface area (Å²) < 4.78 is 0. The molecule has 0 saturated carbocycles. The van der Waals surface area contributed by atoms with E-state index in [9.17, 15) is 0 Å². The van der Waals surface area contributed by atoms with E-state index in [1.807, 2.05) is 6.08 Å². The number of hydrogen-bond donors (Lipinski definition) is 0. The molecule has 8 aromatic rings. The van der Waals surface area contributed by atoms with Gasteiger partial charge < -0.3 is 4.90 Å². The van der Waals surface area contributed by atoms with E-state index in [1.54, 1.807) is 11.1 Å². The van der Waals surface area contributed by atoms with Crippen LogP contribution in [0.25, 0.3) is 43.8 Å². The second kappa shape index (κ2) is 21.3. The molecular weight excluding hydrogens is 1050 g/mol. The molecule has 0 heterocycles. The molecule has 0 radical (unpaired) electrons. The van der Waals surface area contributed by atoms with E-state index in [-0.39, 0.29) is 0 Å². The summed E-state index contributed by atoms with van der Waals surface area (Å²) in [5.41, 5.74) is 33.7. The van der Waals surface area contributed by atoms with Gasteiger partial charge in [0.25, 0.3) is 0 Å². The van der Waals surface area contributed by atoms with E-state index in [0.29, 0.717) is 0 Å². The number of rotatable bonds is 11. The fraction of sp³-hybridized carbons (Fsp3) is 0.186. The first-order valence-corrected chi connectivity index (χ1v) is 32.2. The highest BCUT2D eigenvalue weighted by molar-refractivity contribution is 6.00. The summed E-state index contributed by atoms with van der Waals surface area (Å²) in [6.45, 7) is 10.9. The van der Waals surface area contributed by atoms with Gasteiger partial charge in [0, 0.05) is 16.9 Å². The molecule has 422 valence electrons. The number of allylic oxidation sites excluding steroid dienone is 24. The molecule has 16 rings (SSSR count). The normalized spacial score (nSPS) is 19.8. The molecule has 0 bridgehead atoms. The Morgan fingerprint density at radius 1 is 0.563 bits per heavy atom. The van der Waals surface area contributed by atoms with Crippen LogP contribution in [-0.2, 0) is 17.3 Å². The van der Waals surface area contributed by atoms with Crippen LogP contribution in [0.5, 0.6) is 0 Å². The first-order chi connectivity index (χ1) is 43.0. The van der Waals surface area contributed by atoms with E-state index in [1.165, 1.54) is 163 Å². The van der Waals surface area contributed by atoms with Gasteiger partial charge in [0.1, 0.15) is 0 Å². The van der Waals surface area contributed by atoms with Gasteiger partial charge in [-0.15, -0.1) is 0 Å². The van der Waals surface area contributed by atoms with Gasteiger partial charge in [-0.3, -0.25) is 0 Å². The highest BCUT2D eigenvalue weighted by atomic mass is 15.2. The Balaban J connectivity index is 0.883. The lowest BCUT2D eigenvalue weighted by atomic mass is 9.59. The van der Waals surface area contributed by atoms with Gasteiger partial charge in [0.05, 0.1) is 16.5 Å². The Bertz CT molecular complexity index is 4600. The summed E-state index contributed by atoms with van der Waals surface area (Å²) >= 11 is 0. The number of benzene rings is 8. The third kappa shape index (κ3) is 7.97. The van der Waals surface area contributed by atoms with Gasteiger partial charge in [0.15, 0.2) is 0 Å². The Morgan fingerprint density at radius 2 is 1.25 bits per heavy atom. The maximum absolute atomic E-state index is 4.32. The van der Waals surface area contributed by atoms with Crippen molar-refractivity contribution in [1.82, 2.24) is 0 Å². The average Bonchev–Trinajstić information content (AvgIpc) is 1.63. The maximum atomic E-state index is 4.32. The predicted molar refractivity (Wildman–Crippen MR) is 368 cm³/mol. The molecular formula is C86H73N. The van der Waals surface area contributed by atoms with Crippen LogP contribution in [-0.4, -0.2) is 0 Å². The minimum atomic E-state index is -0.590.